The third-order valence-corrected chi connectivity index (χ3v) is 11.3. The van der Waals surface area contributed by atoms with Crippen LogP contribution in [0.5, 0.6) is 17.2 Å². The van der Waals surface area contributed by atoms with Gasteiger partial charge in [0.05, 0.1) is 61.2 Å². The van der Waals surface area contributed by atoms with Gasteiger partial charge in [-0.1, -0.05) is 60.7 Å². The van der Waals surface area contributed by atoms with Gasteiger partial charge in [-0.3, -0.25) is 19.3 Å². The van der Waals surface area contributed by atoms with Crippen molar-refractivity contribution in [2.45, 2.75) is 78.1 Å². The molecule has 3 aromatic carbocycles. The van der Waals surface area contributed by atoms with Crippen molar-refractivity contribution in [3.8, 4) is 17.2 Å². The predicted molar refractivity (Wildman–Crippen MR) is 234 cm³/mol. The van der Waals surface area contributed by atoms with Gasteiger partial charge in [0.2, 0.25) is 0 Å². The van der Waals surface area contributed by atoms with Crippen molar-refractivity contribution in [2.24, 2.45) is 0 Å². The molecule has 0 saturated carbocycles. The number of carbonyl (C=O) groups excluding carboxylic acids is 4. The number of nitrogens with zero attached hydrogens (tertiary/aromatic N) is 4. The van der Waals surface area contributed by atoms with E-state index >= 15 is 0 Å². The summed E-state index contributed by atoms with van der Waals surface area (Å²) in [6.45, 7) is 10.7. The molecule has 330 valence electrons. The van der Waals surface area contributed by atoms with Crippen LogP contribution >= 0.6 is 0 Å². The summed E-state index contributed by atoms with van der Waals surface area (Å²) in [5.74, 6) is -0.562. The van der Waals surface area contributed by atoms with Crippen molar-refractivity contribution in [3.05, 3.63) is 137 Å². The summed E-state index contributed by atoms with van der Waals surface area (Å²) in [6.07, 6.45) is 9.20. The molecule has 4 aliphatic heterocycles. The largest absolute Gasteiger partial charge is 0.493 e. The molecule has 15 heteroatoms. The highest BCUT2D eigenvalue weighted by Crippen LogP contribution is 2.43. The zero-order chi connectivity index (χ0) is 44.9. The summed E-state index contributed by atoms with van der Waals surface area (Å²) >= 11 is 0. The number of methoxy groups -OCH3 is 1. The number of fused-ring (bicyclic) bond motifs is 4. The van der Waals surface area contributed by atoms with Crippen LogP contribution in [-0.2, 0) is 20.9 Å². The summed E-state index contributed by atoms with van der Waals surface area (Å²) in [5, 5.41) is 23.5. The Morgan fingerprint density at radius 2 is 1.33 bits per heavy atom. The molecule has 63 heavy (non-hydrogen) atoms. The van der Waals surface area contributed by atoms with E-state index in [9.17, 15) is 29.4 Å². The predicted octanol–water partition coefficient (Wildman–Crippen LogP) is 6.81. The van der Waals surface area contributed by atoms with Crippen LogP contribution in [0.4, 0.5) is 16.2 Å². The highest BCUT2D eigenvalue weighted by molar-refractivity contribution is 6.08. The Morgan fingerprint density at radius 1 is 0.778 bits per heavy atom. The minimum absolute atomic E-state index is 0.0613. The molecular weight excluding hydrogens is 809 g/mol. The van der Waals surface area contributed by atoms with Gasteiger partial charge in [-0.05, 0) is 74.9 Å². The summed E-state index contributed by atoms with van der Waals surface area (Å²) in [4.78, 5) is 60.8. The molecule has 0 spiro atoms. The number of amides is 4. The molecule has 3 aromatic rings. The van der Waals surface area contributed by atoms with Crippen LogP contribution in [0.3, 0.4) is 0 Å². The van der Waals surface area contributed by atoms with E-state index in [1.165, 1.54) is 33.9 Å². The van der Waals surface area contributed by atoms with Crippen LogP contribution in [0.2, 0.25) is 0 Å². The van der Waals surface area contributed by atoms with E-state index in [0.717, 1.165) is 33.4 Å². The van der Waals surface area contributed by atoms with Gasteiger partial charge in [-0.15, -0.1) is 0 Å². The maximum absolute atomic E-state index is 14.2. The molecule has 0 saturated heterocycles. The zero-order valence-corrected chi connectivity index (χ0v) is 36.0. The number of allylic oxidation sites excluding steroid dienone is 4. The molecule has 0 bridgehead atoms. The molecule has 0 fully saturated rings. The Labute approximate surface area is 366 Å². The summed E-state index contributed by atoms with van der Waals surface area (Å²) in [6, 6.07) is 12.2. The first-order valence-corrected chi connectivity index (χ1v) is 20.8. The standard InChI is InChI=1S/C48H52N4O11/c1-7-11-32-20-38-46(56)51(43(53)28-60-9-3)36-23-40(30(5)19-34(36)44(54)49(38)25-32)61-17-10-18-62-42-24-37-35(22-41(42)59-6)45(55)50-26-33(12-8-2)21-39(50)47(57)52(37)48(58)63-27-31-15-13-29(4)14-16-31/h7-9,11-16,19,22-26,38-39,46-47,56-57H,3,10,17-18,20-21,27-28H2,1-2,4-6H3/b11-7+,12-8+/t38-,39-,46-,47-/m0/s1. The van der Waals surface area contributed by atoms with Crippen LogP contribution in [0.25, 0.3) is 0 Å². The van der Waals surface area contributed by atoms with E-state index in [2.05, 4.69) is 6.58 Å². The van der Waals surface area contributed by atoms with Gasteiger partial charge in [0.1, 0.15) is 12.4 Å². The summed E-state index contributed by atoms with van der Waals surface area (Å²) in [7, 11) is 1.44. The fourth-order valence-electron chi connectivity index (χ4n) is 8.21. The Balaban J connectivity index is 1.11. The van der Waals surface area contributed by atoms with Crippen molar-refractivity contribution in [3.63, 3.8) is 0 Å². The monoisotopic (exact) mass is 860 g/mol. The van der Waals surface area contributed by atoms with Crippen molar-refractivity contribution in [1.29, 1.82) is 0 Å². The Kier molecular flexibility index (Phi) is 13.4. The van der Waals surface area contributed by atoms with E-state index in [1.807, 2.05) is 69.3 Å². The average molecular weight is 861 g/mol. The number of carbonyl (C=O) groups is 4. The van der Waals surface area contributed by atoms with Crippen LogP contribution in [-0.4, -0.2) is 95.3 Å². The van der Waals surface area contributed by atoms with Gasteiger partial charge in [0.15, 0.2) is 30.6 Å². The molecule has 15 nitrogen and oxygen atoms in total. The van der Waals surface area contributed by atoms with Gasteiger partial charge in [-0.25, -0.2) is 9.69 Å². The Morgan fingerprint density at radius 3 is 1.92 bits per heavy atom. The maximum Gasteiger partial charge on any atom is 0.416 e. The highest BCUT2D eigenvalue weighted by atomic mass is 16.6. The SMILES string of the molecule is C=COCC(=O)N1c2cc(OCCCOc3cc4c(cc3OC)C(=O)N3C=C(/C=C/C)C[C@H]3[C@H](O)N4C(=O)OCc3ccc(C)cc3)c(C)cc2C(=O)N2C=C(/C=C/C)C[C@H]2[C@@H]1O. The second-order valence-corrected chi connectivity index (χ2v) is 15.6. The Bertz CT molecular complexity index is 2400. The summed E-state index contributed by atoms with van der Waals surface area (Å²) < 4.78 is 29.0. The fourth-order valence-corrected chi connectivity index (χ4v) is 8.21. The number of hydrogen-bond acceptors (Lipinski definition) is 11. The molecule has 2 N–H and O–H groups in total. The van der Waals surface area contributed by atoms with Crippen molar-refractivity contribution in [2.75, 3.05) is 36.7 Å². The molecule has 0 aromatic heterocycles. The van der Waals surface area contributed by atoms with Gasteiger partial charge in [-0.2, -0.15) is 0 Å². The fraction of sp³-hybridized carbons (Fsp3) is 0.333. The number of ether oxygens (including phenoxy) is 5. The third-order valence-electron chi connectivity index (χ3n) is 11.3. The topological polar surface area (TPSA) is 168 Å². The number of aliphatic hydroxyl groups is 2. The number of benzene rings is 3. The first kappa shape index (κ1) is 44.2. The molecule has 4 amide bonds. The number of hydrogen-bond donors (Lipinski definition) is 2. The molecular formula is C48H52N4O11. The van der Waals surface area contributed by atoms with Crippen LogP contribution < -0.4 is 24.0 Å². The van der Waals surface area contributed by atoms with Crippen molar-refractivity contribution >= 4 is 35.2 Å². The first-order chi connectivity index (χ1) is 30.4. The lowest BCUT2D eigenvalue weighted by atomic mass is 10.1. The average Bonchev–Trinajstić information content (AvgIpc) is 3.87. The number of aryl methyl sites for hydroxylation is 2. The van der Waals surface area contributed by atoms with E-state index in [1.54, 1.807) is 31.5 Å². The molecule has 0 unspecified atom stereocenters. The zero-order valence-electron chi connectivity index (χ0n) is 36.0. The molecule has 4 heterocycles. The van der Waals surface area contributed by atoms with Gasteiger partial charge in [0, 0.05) is 31.0 Å². The Hall–Kier alpha value is -6.84. The van der Waals surface area contributed by atoms with E-state index in [0.29, 0.717) is 30.6 Å². The third kappa shape index (κ3) is 8.92. The summed E-state index contributed by atoms with van der Waals surface area (Å²) in [5.41, 5.74) is 4.68. The van der Waals surface area contributed by atoms with Gasteiger partial charge in [0.25, 0.3) is 17.7 Å². The molecule has 7 rings (SSSR count). The molecule has 0 aliphatic carbocycles. The van der Waals surface area contributed by atoms with Gasteiger partial charge < -0.3 is 43.7 Å². The number of aliphatic hydroxyl groups excluding tert-OH is 2. The first-order valence-electron chi connectivity index (χ1n) is 20.8. The molecule has 0 radical (unpaired) electrons. The molecule has 4 atom stereocenters. The lowest BCUT2D eigenvalue weighted by molar-refractivity contribution is -0.124. The highest BCUT2D eigenvalue weighted by Gasteiger charge is 2.46. The van der Waals surface area contributed by atoms with E-state index in [4.69, 9.17) is 23.7 Å². The van der Waals surface area contributed by atoms with E-state index in [-0.39, 0.29) is 59.7 Å². The van der Waals surface area contributed by atoms with Crippen molar-refractivity contribution in [1.82, 2.24) is 9.80 Å². The second kappa shape index (κ2) is 19.1. The maximum atomic E-state index is 14.2. The normalized spacial score (nSPS) is 20.4. The number of anilines is 2. The number of rotatable bonds is 14. The molecule has 4 aliphatic rings. The van der Waals surface area contributed by atoms with E-state index < -0.39 is 49.1 Å². The lowest BCUT2D eigenvalue weighted by Crippen LogP contribution is -2.51. The minimum atomic E-state index is -1.47. The quantitative estimate of drug-likeness (QED) is 0.129. The van der Waals surface area contributed by atoms with Crippen LogP contribution in [0.1, 0.15) is 70.5 Å². The lowest BCUT2D eigenvalue weighted by Gasteiger charge is -2.32. The van der Waals surface area contributed by atoms with Crippen LogP contribution in [0, 0.1) is 13.8 Å². The van der Waals surface area contributed by atoms with Crippen molar-refractivity contribution < 1.29 is 53.1 Å². The minimum Gasteiger partial charge on any atom is -0.493 e. The van der Waals surface area contributed by atoms with Crippen LogP contribution in [0.15, 0.2) is 109 Å². The van der Waals surface area contributed by atoms with Gasteiger partial charge >= 0.3 is 6.09 Å². The second-order valence-electron chi connectivity index (χ2n) is 15.6. The smallest absolute Gasteiger partial charge is 0.416 e.